The summed E-state index contributed by atoms with van der Waals surface area (Å²) in [7, 11) is 0. The van der Waals surface area contributed by atoms with Gasteiger partial charge in [-0.1, -0.05) is 6.92 Å². The molecule has 9 nitrogen and oxygen atoms in total. The first kappa shape index (κ1) is 18.9. The van der Waals surface area contributed by atoms with Gasteiger partial charge in [0.25, 0.3) is 0 Å². The highest BCUT2D eigenvalue weighted by Crippen LogP contribution is 2.30. The zero-order valence-corrected chi connectivity index (χ0v) is 14.9. The molecule has 0 aromatic carbocycles. The highest BCUT2D eigenvalue weighted by molar-refractivity contribution is 5.76. The quantitative estimate of drug-likeness (QED) is 0.507. The van der Waals surface area contributed by atoms with Gasteiger partial charge < -0.3 is 16.4 Å². The molecule has 0 unspecified atom stereocenters. The van der Waals surface area contributed by atoms with Gasteiger partial charge in [-0.2, -0.15) is 4.98 Å². The summed E-state index contributed by atoms with van der Waals surface area (Å²) >= 11 is 0. The Bertz CT molecular complexity index is 641. The van der Waals surface area contributed by atoms with Crippen LogP contribution in [-0.2, 0) is 4.79 Å². The summed E-state index contributed by atoms with van der Waals surface area (Å²) in [5, 5.41) is 17.6. The maximum absolute atomic E-state index is 11.3. The van der Waals surface area contributed by atoms with Crippen LogP contribution in [0.4, 0.5) is 17.5 Å². The van der Waals surface area contributed by atoms with Crippen molar-refractivity contribution in [1.29, 1.82) is 0 Å². The third-order valence-corrected chi connectivity index (χ3v) is 4.77. The summed E-state index contributed by atoms with van der Waals surface area (Å²) in [4.78, 5) is 30.4. The zero-order valence-electron chi connectivity index (χ0n) is 14.9. The zero-order chi connectivity index (χ0) is 18.6. The van der Waals surface area contributed by atoms with Crippen LogP contribution in [-0.4, -0.2) is 32.4 Å². The van der Waals surface area contributed by atoms with Crippen molar-refractivity contribution in [2.24, 2.45) is 11.7 Å². The van der Waals surface area contributed by atoms with E-state index in [-0.39, 0.29) is 34.9 Å². The fraction of sp³-hybridized carbons (Fsp3) is 0.688. The van der Waals surface area contributed by atoms with Gasteiger partial charge in [0.1, 0.15) is 6.20 Å². The lowest BCUT2D eigenvalue weighted by Crippen LogP contribution is -2.33. The van der Waals surface area contributed by atoms with Crippen LogP contribution in [0.25, 0.3) is 0 Å². The first-order valence-corrected chi connectivity index (χ1v) is 8.57. The van der Waals surface area contributed by atoms with Gasteiger partial charge in [-0.25, -0.2) is 4.98 Å². The van der Waals surface area contributed by atoms with Gasteiger partial charge in [0.05, 0.1) is 4.92 Å². The minimum Gasteiger partial charge on any atom is -0.369 e. The van der Waals surface area contributed by atoms with Gasteiger partial charge in [-0.15, -0.1) is 0 Å². The number of carbonyl (C=O) groups excluding carboxylic acids is 1. The Hall–Kier alpha value is -2.45. The van der Waals surface area contributed by atoms with Gasteiger partial charge in [0, 0.05) is 17.5 Å². The number of nitro groups is 1. The summed E-state index contributed by atoms with van der Waals surface area (Å²) in [6.07, 6.45) is 4.88. The van der Waals surface area contributed by atoms with Crippen molar-refractivity contribution < 1.29 is 9.72 Å². The first-order chi connectivity index (χ1) is 11.7. The average Bonchev–Trinajstić information content (AvgIpc) is 2.55. The molecule has 1 aromatic heterocycles. The van der Waals surface area contributed by atoms with Crippen LogP contribution in [0.15, 0.2) is 6.20 Å². The van der Waals surface area contributed by atoms with E-state index in [1.54, 1.807) is 0 Å². The number of nitrogens with one attached hydrogen (secondary N) is 2. The summed E-state index contributed by atoms with van der Waals surface area (Å²) in [6, 6.07) is 0.0243. The lowest BCUT2D eigenvalue weighted by Gasteiger charge is -2.28. The maximum atomic E-state index is 11.3. The largest absolute Gasteiger partial charge is 0.369 e. The van der Waals surface area contributed by atoms with Gasteiger partial charge in [0.2, 0.25) is 17.7 Å². The molecule has 0 spiro atoms. The lowest BCUT2D eigenvalue weighted by molar-refractivity contribution is -0.384. The molecular weight excluding hydrogens is 324 g/mol. The monoisotopic (exact) mass is 350 g/mol. The smallest absolute Gasteiger partial charge is 0.329 e. The topological polar surface area (TPSA) is 136 Å². The molecule has 0 saturated heterocycles. The molecule has 1 fully saturated rings. The van der Waals surface area contributed by atoms with E-state index in [9.17, 15) is 14.9 Å². The average molecular weight is 350 g/mol. The van der Waals surface area contributed by atoms with Crippen molar-refractivity contribution in [3.8, 4) is 0 Å². The Kier molecular flexibility index (Phi) is 5.76. The van der Waals surface area contributed by atoms with E-state index in [1.807, 2.05) is 20.8 Å². The number of nitrogens with zero attached hydrogens (tertiary/aromatic N) is 3. The van der Waals surface area contributed by atoms with Crippen LogP contribution in [0.5, 0.6) is 0 Å². The second kappa shape index (κ2) is 7.62. The molecule has 4 N–H and O–H groups in total. The molecule has 138 valence electrons. The second-order valence-electron chi connectivity index (χ2n) is 7.14. The number of hydrogen-bond donors (Lipinski definition) is 3. The fourth-order valence-corrected chi connectivity index (χ4v) is 2.78. The molecule has 2 rings (SSSR count). The lowest BCUT2D eigenvalue weighted by atomic mass is 9.85. The van der Waals surface area contributed by atoms with Crippen molar-refractivity contribution in [2.45, 2.75) is 64.5 Å². The Morgan fingerprint density at radius 1 is 1.40 bits per heavy atom. The van der Waals surface area contributed by atoms with Gasteiger partial charge in [0.15, 0.2) is 0 Å². The molecule has 0 aliphatic heterocycles. The third kappa shape index (κ3) is 5.01. The number of rotatable bonds is 7. The van der Waals surface area contributed by atoms with E-state index in [1.165, 1.54) is 6.20 Å². The molecule has 0 atom stereocenters. The second-order valence-corrected chi connectivity index (χ2v) is 7.14. The Morgan fingerprint density at radius 2 is 2.04 bits per heavy atom. The summed E-state index contributed by atoms with van der Waals surface area (Å²) in [6.45, 7) is 6.06. The highest BCUT2D eigenvalue weighted by Gasteiger charge is 2.27. The predicted octanol–water partition coefficient (Wildman–Crippen LogP) is 2.44. The van der Waals surface area contributed by atoms with Gasteiger partial charge in [-0.05, 0) is 46.0 Å². The fourth-order valence-electron chi connectivity index (χ4n) is 2.78. The van der Waals surface area contributed by atoms with Crippen molar-refractivity contribution >= 4 is 23.4 Å². The van der Waals surface area contributed by atoms with Crippen LogP contribution < -0.4 is 16.4 Å². The minimum atomic E-state index is -0.494. The van der Waals surface area contributed by atoms with Crippen molar-refractivity contribution in [2.75, 3.05) is 10.6 Å². The van der Waals surface area contributed by atoms with E-state index in [2.05, 4.69) is 20.6 Å². The molecule has 1 amide bonds. The summed E-state index contributed by atoms with van der Waals surface area (Å²) < 4.78 is 0. The molecule has 9 heteroatoms. The van der Waals surface area contributed by atoms with E-state index in [4.69, 9.17) is 5.73 Å². The SMILES string of the molecule is CCC(C)(C)Nc1ncc([N+](=O)[O-])c(N[C@H]2CC[C@H](C(N)=O)CC2)n1. The molecule has 1 heterocycles. The number of aromatic nitrogens is 2. The van der Waals surface area contributed by atoms with E-state index >= 15 is 0 Å². The molecule has 25 heavy (non-hydrogen) atoms. The normalized spacial score (nSPS) is 20.8. The molecular formula is C16H26N6O3. The maximum Gasteiger partial charge on any atom is 0.329 e. The number of nitrogens with two attached hydrogens (primary N) is 1. The van der Waals surface area contributed by atoms with Crippen molar-refractivity contribution in [3.63, 3.8) is 0 Å². The van der Waals surface area contributed by atoms with Gasteiger partial charge in [-0.3, -0.25) is 14.9 Å². The number of amides is 1. The summed E-state index contributed by atoms with van der Waals surface area (Å²) in [5.41, 5.74) is 4.97. The van der Waals surface area contributed by atoms with Gasteiger partial charge >= 0.3 is 5.69 Å². The standard InChI is InChI=1S/C16H26N6O3/c1-4-16(2,3)21-15-18-9-12(22(24)25)14(20-15)19-11-7-5-10(6-8-11)13(17)23/h9-11H,4-8H2,1-3H3,(H2,17,23)(H2,18,19,20,21)/t10-,11-. The van der Waals surface area contributed by atoms with Crippen LogP contribution in [0, 0.1) is 16.0 Å². The van der Waals surface area contributed by atoms with E-state index in [0.29, 0.717) is 18.8 Å². The van der Waals surface area contributed by atoms with E-state index < -0.39 is 4.92 Å². The third-order valence-electron chi connectivity index (χ3n) is 4.77. The number of anilines is 2. The molecule has 0 radical (unpaired) electrons. The molecule has 1 saturated carbocycles. The predicted molar refractivity (Wildman–Crippen MR) is 95.2 cm³/mol. The van der Waals surface area contributed by atoms with Crippen LogP contribution in [0.3, 0.4) is 0 Å². The van der Waals surface area contributed by atoms with E-state index in [0.717, 1.165) is 19.3 Å². The van der Waals surface area contributed by atoms with Crippen LogP contribution in [0.2, 0.25) is 0 Å². The van der Waals surface area contributed by atoms with Crippen molar-refractivity contribution in [3.05, 3.63) is 16.3 Å². The molecule has 1 aliphatic carbocycles. The Labute approximate surface area is 146 Å². The van der Waals surface area contributed by atoms with Crippen molar-refractivity contribution in [1.82, 2.24) is 9.97 Å². The minimum absolute atomic E-state index is 0.0243. The highest BCUT2D eigenvalue weighted by atomic mass is 16.6. The Morgan fingerprint density at radius 3 is 2.56 bits per heavy atom. The number of primary amides is 1. The number of hydrogen-bond acceptors (Lipinski definition) is 7. The number of carbonyl (C=O) groups is 1. The first-order valence-electron chi connectivity index (χ1n) is 8.57. The molecule has 1 aliphatic rings. The van der Waals surface area contributed by atoms with Crippen LogP contribution in [0.1, 0.15) is 52.9 Å². The Balaban J connectivity index is 2.14. The summed E-state index contributed by atoms with van der Waals surface area (Å²) in [5.74, 6) is 0.170. The molecule has 0 bridgehead atoms. The van der Waals surface area contributed by atoms with Crippen LogP contribution >= 0.6 is 0 Å². The molecule has 1 aromatic rings.